The number of anilines is 2. The molecule has 0 aromatic heterocycles. The van der Waals surface area contributed by atoms with Gasteiger partial charge in [0, 0.05) is 16.8 Å². The maximum Gasteiger partial charge on any atom is 0.255 e. The number of hydrogen-bond acceptors (Lipinski definition) is 2. The molecular formula is C34H44ClN3O2. The average molecular weight is 562 g/mol. The van der Waals surface area contributed by atoms with Crippen molar-refractivity contribution in [2.45, 2.75) is 58.8 Å². The molecule has 2 amide bonds. The Hall–Kier alpha value is -3.15. The monoisotopic (exact) mass is 561 g/mol. The predicted molar refractivity (Wildman–Crippen MR) is 168 cm³/mol. The normalized spacial score (nSPS) is 11.3. The van der Waals surface area contributed by atoms with E-state index in [-0.39, 0.29) is 11.8 Å². The minimum absolute atomic E-state index is 0.202. The summed E-state index contributed by atoms with van der Waals surface area (Å²) in [6.45, 7) is 5.17. The van der Waals surface area contributed by atoms with E-state index >= 15 is 0 Å². The number of amides is 2. The second kappa shape index (κ2) is 15.0. The molecular weight excluding hydrogens is 518 g/mol. The molecule has 214 valence electrons. The number of nitrogens with one attached hydrogen (secondary N) is 2. The van der Waals surface area contributed by atoms with E-state index in [0.717, 1.165) is 35.7 Å². The highest BCUT2D eigenvalue weighted by molar-refractivity contribution is 6.34. The molecule has 0 aliphatic rings. The van der Waals surface area contributed by atoms with Crippen LogP contribution in [-0.2, 0) is 12.8 Å². The summed E-state index contributed by atoms with van der Waals surface area (Å²) >= 11 is 6.49. The molecule has 3 rings (SSSR count). The van der Waals surface area contributed by atoms with Gasteiger partial charge in [0.25, 0.3) is 11.8 Å². The van der Waals surface area contributed by atoms with Crippen molar-refractivity contribution in [3.63, 3.8) is 0 Å². The summed E-state index contributed by atoms with van der Waals surface area (Å²) in [5.74, 6) is -0.421. The third kappa shape index (κ3) is 10.1. The first-order valence-corrected chi connectivity index (χ1v) is 14.7. The highest BCUT2D eigenvalue weighted by atomic mass is 35.5. The number of nitrogens with zero attached hydrogens (tertiary/aromatic N) is 1. The number of hydrogen-bond donors (Lipinski definition) is 2. The van der Waals surface area contributed by atoms with E-state index < -0.39 is 0 Å². The number of unbranched alkanes of at least 4 members (excludes halogenated alkanes) is 5. The van der Waals surface area contributed by atoms with Crippen molar-refractivity contribution in [3.05, 3.63) is 99.9 Å². The molecule has 0 saturated heterocycles. The Morgan fingerprint density at radius 1 is 0.775 bits per heavy atom. The molecule has 3 aromatic rings. The minimum atomic E-state index is -0.220. The number of halogens is 1. The zero-order valence-corrected chi connectivity index (χ0v) is 25.4. The zero-order chi connectivity index (χ0) is 29.1. The molecule has 5 nitrogen and oxygen atoms in total. The van der Waals surface area contributed by atoms with E-state index in [1.165, 1.54) is 36.9 Å². The SMILES string of the molecule is CCc1ccc(C(=O)Nc2cc(Cl)c(NC(=O)c3ccc(CCC[CH-]CCCC[N+](C)(C)C)cc3)cc2C)cc1. The van der Waals surface area contributed by atoms with Crippen LogP contribution in [-0.4, -0.2) is 44.0 Å². The molecule has 0 saturated carbocycles. The molecule has 0 unspecified atom stereocenters. The van der Waals surface area contributed by atoms with Crippen LogP contribution in [0.5, 0.6) is 0 Å². The van der Waals surface area contributed by atoms with Gasteiger partial charge < -0.3 is 21.5 Å². The first kappa shape index (κ1) is 31.4. The molecule has 0 aliphatic heterocycles. The van der Waals surface area contributed by atoms with Gasteiger partial charge in [0.15, 0.2) is 0 Å². The van der Waals surface area contributed by atoms with Crippen molar-refractivity contribution in [2.24, 2.45) is 0 Å². The number of quaternary nitrogens is 1. The fourth-order valence-corrected chi connectivity index (χ4v) is 4.70. The second-order valence-electron chi connectivity index (χ2n) is 11.5. The molecule has 0 fully saturated rings. The summed E-state index contributed by atoms with van der Waals surface area (Å²) in [6, 6.07) is 18.8. The molecule has 0 radical (unpaired) electrons. The van der Waals surface area contributed by atoms with Gasteiger partial charge in [0.1, 0.15) is 0 Å². The highest BCUT2D eigenvalue weighted by Crippen LogP contribution is 2.30. The van der Waals surface area contributed by atoms with Crippen LogP contribution >= 0.6 is 11.6 Å². The summed E-state index contributed by atoms with van der Waals surface area (Å²) in [6.07, 6.45) is 10.3. The van der Waals surface area contributed by atoms with Crippen LogP contribution in [0.25, 0.3) is 0 Å². The van der Waals surface area contributed by atoms with Crippen molar-refractivity contribution < 1.29 is 14.1 Å². The number of aryl methyl sites for hydroxylation is 3. The third-order valence-electron chi connectivity index (χ3n) is 7.01. The topological polar surface area (TPSA) is 58.2 Å². The first-order chi connectivity index (χ1) is 19.1. The highest BCUT2D eigenvalue weighted by Gasteiger charge is 2.14. The van der Waals surface area contributed by atoms with Crippen molar-refractivity contribution >= 4 is 34.8 Å². The molecule has 3 aromatic carbocycles. The van der Waals surface area contributed by atoms with E-state index in [2.05, 4.69) is 45.1 Å². The van der Waals surface area contributed by atoms with E-state index in [0.29, 0.717) is 27.5 Å². The van der Waals surface area contributed by atoms with Gasteiger partial charge in [-0.05, 0) is 79.3 Å². The Kier molecular flexibility index (Phi) is 11.8. The second-order valence-corrected chi connectivity index (χ2v) is 11.9. The van der Waals surface area contributed by atoms with Gasteiger partial charge in [-0.3, -0.25) is 9.59 Å². The number of rotatable bonds is 14. The van der Waals surface area contributed by atoms with Crippen molar-refractivity contribution in [1.29, 1.82) is 0 Å². The van der Waals surface area contributed by atoms with Crippen LogP contribution in [0, 0.1) is 13.3 Å². The van der Waals surface area contributed by atoms with Crippen LogP contribution in [0.15, 0.2) is 60.7 Å². The molecule has 0 bridgehead atoms. The summed E-state index contributed by atoms with van der Waals surface area (Å²) < 4.78 is 1.03. The number of carbonyl (C=O) groups is 2. The molecule has 2 N–H and O–H groups in total. The van der Waals surface area contributed by atoms with E-state index in [4.69, 9.17) is 11.6 Å². The summed E-state index contributed by atoms with van der Waals surface area (Å²) in [5, 5.41) is 6.19. The fourth-order valence-electron chi connectivity index (χ4n) is 4.49. The van der Waals surface area contributed by atoms with Crippen LogP contribution in [0.4, 0.5) is 11.4 Å². The summed E-state index contributed by atoms with van der Waals surface area (Å²) in [5.41, 5.74) is 5.49. The van der Waals surface area contributed by atoms with Crippen LogP contribution in [0.1, 0.15) is 76.4 Å². The number of carbonyl (C=O) groups excluding carboxylic acids is 2. The third-order valence-corrected chi connectivity index (χ3v) is 7.32. The van der Waals surface area contributed by atoms with Crippen molar-refractivity contribution in [3.8, 4) is 0 Å². The Morgan fingerprint density at radius 2 is 1.32 bits per heavy atom. The average Bonchev–Trinajstić information content (AvgIpc) is 2.92. The fraction of sp³-hybridized carbons (Fsp3) is 0.382. The Bertz CT molecular complexity index is 1260. The lowest BCUT2D eigenvalue weighted by molar-refractivity contribution is -0.870. The molecule has 0 spiro atoms. The first-order valence-electron chi connectivity index (χ1n) is 14.3. The van der Waals surface area contributed by atoms with Gasteiger partial charge in [0.2, 0.25) is 0 Å². The minimum Gasteiger partial charge on any atom is -0.331 e. The zero-order valence-electron chi connectivity index (χ0n) is 24.6. The predicted octanol–water partition coefficient (Wildman–Crippen LogP) is 8.12. The largest absolute Gasteiger partial charge is 0.331 e. The molecule has 0 aliphatic carbocycles. The Balaban J connectivity index is 1.47. The van der Waals surface area contributed by atoms with Gasteiger partial charge in [-0.1, -0.05) is 55.6 Å². The van der Waals surface area contributed by atoms with Gasteiger partial charge in [-0.15, -0.1) is 0 Å². The number of benzene rings is 3. The van der Waals surface area contributed by atoms with Crippen molar-refractivity contribution in [1.82, 2.24) is 0 Å². The van der Waals surface area contributed by atoms with Gasteiger partial charge in [0.05, 0.1) is 38.4 Å². The lowest BCUT2D eigenvalue weighted by atomic mass is 10.0. The van der Waals surface area contributed by atoms with Crippen LogP contribution in [0.3, 0.4) is 0 Å². The lowest BCUT2D eigenvalue weighted by Crippen LogP contribution is -2.35. The summed E-state index contributed by atoms with van der Waals surface area (Å²) in [7, 11) is 6.72. The van der Waals surface area contributed by atoms with E-state index in [1.807, 2.05) is 55.5 Å². The Morgan fingerprint density at radius 3 is 1.90 bits per heavy atom. The smallest absolute Gasteiger partial charge is 0.255 e. The molecule has 0 heterocycles. The lowest BCUT2D eigenvalue weighted by Gasteiger charge is -2.24. The quantitative estimate of drug-likeness (QED) is 0.119. The van der Waals surface area contributed by atoms with Gasteiger partial charge in [-0.25, -0.2) is 0 Å². The van der Waals surface area contributed by atoms with Gasteiger partial charge in [-0.2, -0.15) is 12.8 Å². The Labute approximate surface area is 245 Å². The maximum absolute atomic E-state index is 12.9. The standard InChI is InChI=1S/C34H44ClN3O2/c1-6-26-14-18-28(19-15-26)33(39)36-31-24-30(35)32(23-25(31)2)37-34(40)29-20-16-27(17-21-29)13-11-9-7-8-10-12-22-38(3,4)5/h7,14-21,23-24H,6,8-13,22H2,1-5H3,(H,36,39)(H,37,40). The van der Waals surface area contributed by atoms with Crippen LogP contribution in [0.2, 0.25) is 5.02 Å². The van der Waals surface area contributed by atoms with Crippen LogP contribution < -0.4 is 10.6 Å². The van der Waals surface area contributed by atoms with Crippen molar-refractivity contribution in [2.75, 3.05) is 38.3 Å². The summed E-state index contributed by atoms with van der Waals surface area (Å²) in [4.78, 5) is 25.6. The molecule has 40 heavy (non-hydrogen) atoms. The maximum atomic E-state index is 12.9. The van der Waals surface area contributed by atoms with Gasteiger partial charge >= 0.3 is 0 Å². The molecule has 6 heteroatoms. The molecule has 0 atom stereocenters. The van der Waals surface area contributed by atoms with E-state index in [9.17, 15) is 9.59 Å². The van der Waals surface area contributed by atoms with E-state index in [1.54, 1.807) is 12.1 Å².